The predicted octanol–water partition coefficient (Wildman–Crippen LogP) is 5.28. The number of benzene rings is 3. The number of aromatic nitrogens is 3. The van der Waals surface area contributed by atoms with Crippen molar-refractivity contribution in [2.24, 2.45) is 0 Å². The summed E-state index contributed by atoms with van der Waals surface area (Å²) in [6, 6.07) is 25.6. The standard InChI is InChI=1S/C26H20ClN3O3/c1-17-25-23(30(28-26(25)32)20-9-6-8-19(27)14-20)15-24(31)29(17)16-18-7-5-12-22(13-18)33-21-10-3-2-4-11-21/h2-15H,16H2,1H3,(H,28,32). The van der Waals surface area contributed by atoms with Crippen molar-refractivity contribution in [1.82, 2.24) is 14.3 Å². The van der Waals surface area contributed by atoms with E-state index in [9.17, 15) is 9.59 Å². The Bertz CT molecular complexity index is 1580. The highest BCUT2D eigenvalue weighted by atomic mass is 35.5. The van der Waals surface area contributed by atoms with Gasteiger partial charge in [0.25, 0.3) is 11.1 Å². The summed E-state index contributed by atoms with van der Waals surface area (Å²) >= 11 is 6.11. The Hall–Kier alpha value is -4.03. The van der Waals surface area contributed by atoms with Crippen LogP contribution in [-0.2, 0) is 6.54 Å². The van der Waals surface area contributed by atoms with Gasteiger partial charge in [-0.05, 0) is 55.0 Å². The van der Waals surface area contributed by atoms with Gasteiger partial charge in [0.1, 0.15) is 11.5 Å². The molecule has 0 spiro atoms. The van der Waals surface area contributed by atoms with Crippen LogP contribution in [0.5, 0.6) is 11.5 Å². The molecule has 0 saturated carbocycles. The van der Waals surface area contributed by atoms with Crippen LogP contribution in [0.1, 0.15) is 11.3 Å². The van der Waals surface area contributed by atoms with E-state index in [-0.39, 0.29) is 11.1 Å². The second kappa shape index (κ2) is 8.48. The fourth-order valence-corrected chi connectivity index (χ4v) is 4.14. The number of H-pyrrole nitrogens is 1. The predicted molar refractivity (Wildman–Crippen MR) is 130 cm³/mol. The molecule has 5 aromatic rings. The third-order valence-electron chi connectivity index (χ3n) is 5.51. The number of para-hydroxylation sites is 1. The molecule has 33 heavy (non-hydrogen) atoms. The molecule has 6 nitrogen and oxygen atoms in total. The Kier molecular flexibility index (Phi) is 5.36. The van der Waals surface area contributed by atoms with Gasteiger partial charge in [-0.3, -0.25) is 19.4 Å². The molecule has 0 aliphatic carbocycles. The van der Waals surface area contributed by atoms with Gasteiger partial charge in [0, 0.05) is 16.8 Å². The summed E-state index contributed by atoms with van der Waals surface area (Å²) in [5.74, 6) is 1.41. The Morgan fingerprint density at radius 1 is 0.879 bits per heavy atom. The lowest BCUT2D eigenvalue weighted by Gasteiger charge is -2.13. The van der Waals surface area contributed by atoms with E-state index in [1.165, 1.54) is 6.07 Å². The van der Waals surface area contributed by atoms with Gasteiger partial charge in [-0.2, -0.15) is 0 Å². The highest BCUT2D eigenvalue weighted by Gasteiger charge is 2.16. The van der Waals surface area contributed by atoms with Crippen molar-refractivity contribution < 1.29 is 4.74 Å². The van der Waals surface area contributed by atoms with Crippen LogP contribution in [0, 0.1) is 6.92 Å². The first-order valence-corrected chi connectivity index (χ1v) is 10.8. The van der Waals surface area contributed by atoms with Crippen molar-refractivity contribution in [3.05, 3.63) is 122 Å². The molecule has 3 aromatic carbocycles. The van der Waals surface area contributed by atoms with E-state index < -0.39 is 0 Å². The van der Waals surface area contributed by atoms with Crippen LogP contribution in [0.2, 0.25) is 5.02 Å². The van der Waals surface area contributed by atoms with Gasteiger partial charge in [0.2, 0.25) is 0 Å². The number of ether oxygens (including phenoxy) is 1. The van der Waals surface area contributed by atoms with E-state index in [0.717, 1.165) is 11.3 Å². The van der Waals surface area contributed by atoms with Crippen LogP contribution in [0.25, 0.3) is 16.6 Å². The third-order valence-corrected chi connectivity index (χ3v) is 5.75. The zero-order valence-corrected chi connectivity index (χ0v) is 18.5. The smallest absolute Gasteiger partial charge is 0.274 e. The van der Waals surface area contributed by atoms with Crippen molar-refractivity contribution in [1.29, 1.82) is 0 Å². The van der Waals surface area contributed by atoms with Crippen LogP contribution >= 0.6 is 11.6 Å². The minimum atomic E-state index is -0.266. The zero-order valence-electron chi connectivity index (χ0n) is 17.8. The minimum absolute atomic E-state index is 0.204. The van der Waals surface area contributed by atoms with Gasteiger partial charge in [-0.25, -0.2) is 0 Å². The fourth-order valence-electron chi connectivity index (χ4n) is 3.96. The lowest BCUT2D eigenvalue weighted by molar-refractivity contribution is 0.481. The Morgan fingerprint density at radius 2 is 1.64 bits per heavy atom. The first-order valence-electron chi connectivity index (χ1n) is 10.4. The van der Waals surface area contributed by atoms with Crippen LogP contribution in [0.3, 0.4) is 0 Å². The third kappa shape index (κ3) is 4.08. The number of fused-ring (bicyclic) bond motifs is 1. The molecule has 0 radical (unpaired) electrons. The molecule has 0 aliphatic rings. The zero-order chi connectivity index (χ0) is 22.9. The highest BCUT2D eigenvalue weighted by molar-refractivity contribution is 6.30. The Morgan fingerprint density at radius 3 is 2.42 bits per heavy atom. The molecular weight excluding hydrogens is 438 g/mol. The molecule has 0 atom stereocenters. The number of aromatic amines is 1. The van der Waals surface area contributed by atoms with E-state index in [2.05, 4.69) is 5.10 Å². The quantitative estimate of drug-likeness (QED) is 0.390. The van der Waals surface area contributed by atoms with Crippen molar-refractivity contribution in [2.45, 2.75) is 13.5 Å². The second-order valence-corrected chi connectivity index (χ2v) is 8.17. The van der Waals surface area contributed by atoms with Crippen molar-refractivity contribution in [2.75, 3.05) is 0 Å². The summed E-state index contributed by atoms with van der Waals surface area (Å²) in [7, 11) is 0. The average molecular weight is 458 g/mol. The number of nitrogens with zero attached hydrogens (tertiary/aromatic N) is 2. The van der Waals surface area contributed by atoms with E-state index >= 15 is 0 Å². The number of hydrogen-bond acceptors (Lipinski definition) is 3. The van der Waals surface area contributed by atoms with Crippen LogP contribution < -0.4 is 15.9 Å². The maximum absolute atomic E-state index is 13.1. The molecule has 0 bridgehead atoms. The largest absolute Gasteiger partial charge is 0.457 e. The molecule has 7 heteroatoms. The molecule has 0 unspecified atom stereocenters. The van der Waals surface area contributed by atoms with Gasteiger partial charge < -0.3 is 9.30 Å². The molecule has 0 fully saturated rings. The molecule has 2 aromatic heterocycles. The summed E-state index contributed by atoms with van der Waals surface area (Å²) < 4.78 is 9.10. The van der Waals surface area contributed by atoms with Gasteiger partial charge >= 0.3 is 0 Å². The summed E-state index contributed by atoms with van der Waals surface area (Å²) in [6.07, 6.45) is 0. The Balaban J connectivity index is 1.54. The molecule has 0 amide bonds. The lowest BCUT2D eigenvalue weighted by Crippen LogP contribution is -2.23. The van der Waals surface area contributed by atoms with E-state index in [1.807, 2.05) is 60.7 Å². The highest BCUT2D eigenvalue weighted by Crippen LogP contribution is 2.23. The summed E-state index contributed by atoms with van der Waals surface area (Å²) in [4.78, 5) is 25.9. The van der Waals surface area contributed by atoms with Gasteiger partial charge in [0.05, 0.1) is 23.1 Å². The van der Waals surface area contributed by atoms with Crippen molar-refractivity contribution in [3.8, 4) is 17.2 Å². The topological polar surface area (TPSA) is 69.0 Å². The molecule has 1 N–H and O–H groups in total. The van der Waals surface area contributed by atoms with Crippen LogP contribution in [0.15, 0.2) is 94.5 Å². The normalized spacial score (nSPS) is 11.1. The monoisotopic (exact) mass is 457 g/mol. The summed E-state index contributed by atoms with van der Waals surface area (Å²) in [5.41, 5.74) is 2.20. The first kappa shape index (κ1) is 20.8. The van der Waals surface area contributed by atoms with Crippen LogP contribution in [0.4, 0.5) is 0 Å². The first-order chi connectivity index (χ1) is 16.0. The Labute approximate surface area is 194 Å². The van der Waals surface area contributed by atoms with E-state index in [0.29, 0.717) is 39.6 Å². The summed E-state index contributed by atoms with van der Waals surface area (Å²) in [5, 5.41) is 3.83. The molecular formula is C26H20ClN3O3. The molecule has 5 rings (SSSR count). The van der Waals surface area contributed by atoms with E-state index in [1.54, 1.807) is 34.4 Å². The van der Waals surface area contributed by atoms with Gasteiger partial charge in [0.15, 0.2) is 0 Å². The molecule has 0 aliphatic heterocycles. The minimum Gasteiger partial charge on any atom is -0.457 e. The molecule has 2 heterocycles. The maximum Gasteiger partial charge on any atom is 0.274 e. The van der Waals surface area contributed by atoms with Gasteiger partial charge in [-0.15, -0.1) is 0 Å². The second-order valence-electron chi connectivity index (χ2n) is 7.73. The number of halogens is 1. The van der Waals surface area contributed by atoms with Gasteiger partial charge in [-0.1, -0.05) is 48.0 Å². The molecule has 164 valence electrons. The number of nitrogens with one attached hydrogen (secondary N) is 1. The summed E-state index contributed by atoms with van der Waals surface area (Å²) in [6.45, 7) is 2.10. The molecule has 0 saturated heterocycles. The van der Waals surface area contributed by atoms with E-state index in [4.69, 9.17) is 16.3 Å². The maximum atomic E-state index is 13.1. The SMILES string of the molecule is Cc1c2c(=O)[nH]n(-c3cccc(Cl)c3)c2cc(=O)n1Cc1cccc(Oc2ccccc2)c1. The lowest BCUT2D eigenvalue weighted by atomic mass is 10.1. The number of pyridine rings is 1. The van der Waals surface area contributed by atoms with Crippen molar-refractivity contribution in [3.63, 3.8) is 0 Å². The average Bonchev–Trinajstić information content (AvgIpc) is 3.13. The van der Waals surface area contributed by atoms with Crippen molar-refractivity contribution >= 4 is 22.5 Å². The number of aryl methyl sites for hydroxylation is 1. The van der Waals surface area contributed by atoms with Crippen LogP contribution in [-0.4, -0.2) is 14.3 Å². The number of rotatable bonds is 5. The fraction of sp³-hybridized carbons (Fsp3) is 0.0769. The number of hydrogen-bond donors (Lipinski definition) is 1.